The molecule has 0 radical (unpaired) electrons. The van der Waals surface area contributed by atoms with Crippen LogP contribution in [0.2, 0.25) is 0 Å². The Morgan fingerprint density at radius 1 is 0.667 bits per heavy atom. The van der Waals surface area contributed by atoms with Gasteiger partial charge in [0.2, 0.25) is 0 Å². The largest absolute Gasteiger partial charge is 0.372 e. The topological polar surface area (TPSA) is 9.23 Å². The summed E-state index contributed by atoms with van der Waals surface area (Å²) < 4.78 is 5.97. The monoisotopic (exact) mass is 316 g/mol. The molecule has 0 amide bonds. The van der Waals surface area contributed by atoms with Gasteiger partial charge in [-0.2, -0.15) is 0 Å². The molecule has 0 aromatic heterocycles. The molecular weight excluding hydrogens is 292 g/mol. The first-order valence-corrected chi connectivity index (χ1v) is 8.54. The first-order valence-electron chi connectivity index (χ1n) is 8.54. The van der Waals surface area contributed by atoms with Crippen LogP contribution in [0.25, 0.3) is 11.1 Å². The highest BCUT2D eigenvalue weighted by molar-refractivity contribution is 5.71. The first-order chi connectivity index (χ1) is 11.8. The van der Waals surface area contributed by atoms with Crippen LogP contribution in [-0.2, 0) is 18.0 Å². The van der Waals surface area contributed by atoms with Crippen molar-refractivity contribution >= 4 is 0 Å². The Morgan fingerprint density at radius 2 is 1.29 bits per heavy atom. The predicted octanol–water partition coefficient (Wildman–Crippen LogP) is 6.19. The Hall–Kier alpha value is -2.38. The maximum atomic E-state index is 5.97. The van der Waals surface area contributed by atoms with Gasteiger partial charge in [0, 0.05) is 0 Å². The average Bonchev–Trinajstić information content (AvgIpc) is 2.63. The normalized spacial score (nSPS) is 11.0. The van der Waals surface area contributed by atoms with Gasteiger partial charge in [-0.3, -0.25) is 0 Å². The van der Waals surface area contributed by atoms with Crippen molar-refractivity contribution in [3.63, 3.8) is 0 Å². The average molecular weight is 316 g/mol. The molecule has 0 fully saturated rings. The SMILES string of the molecule is CC(C)c1ccccc1-c1ccccc1COCc1ccccc1. The van der Waals surface area contributed by atoms with Gasteiger partial charge in [-0.15, -0.1) is 0 Å². The second kappa shape index (κ2) is 7.94. The lowest BCUT2D eigenvalue weighted by Crippen LogP contribution is -1.98. The van der Waals surface area contributed by atoms with Crippen LogP contribution in [0.5, 0.6) is 0 Å². The van der Waals surface area contributed by atoms with Crippen molar-refractivity contribution in [3.05, 3.63) is 95.6 Å². The molecular formula is C23H24O. The molecule has 3 rings (SSSR count). The number of benzene rings is 3. The zero-order chi connectivity index (χ0) is 16.8. The Kier molecular flexibility index (Phi) is 5.45. The Bertz CT molecular complexity index is 775. The van der Waals surface area contributed by atoms with E-state index in [0.29, 0.717) is 19.1 Å². The fraction of sp³-hybridized carbons (Fsp3) is 0.217. The number of hydrogen-bond acceptors (Lipinski definition) is 1. The van der Waals surface area contributed by atoms with E-state index in [0.717, 1.165) is 0 Å². The summed E-state index contributed by atoms with van der Waals surface area (Å²) in [4.78, 5) is 0. The van der Waals surface area contributed by atoms with E-state index in [1.807, 2.05) is 18.2 Å². The molecule has 0 saturated heterocycles. The van der Waals surface area contributed by atoms with Crippen molar-refractivity contribution in [1.82, 2.24) is 0 Å². The Labute approximate surface area is 144 Å². The third kappa shape index (κ3) is 3.93. The van der Waals surface area contributed by atoms with Crippen LogP contribution in [0.1, 0.15) is 36.5 Å². The zero-order valence-electron chi connectivity index (χ0n) is 14.4. The molecule has 0 spiro atoms. The van der Waals surface area contributed by atoms with Gasteiger partial charge in [0.15, 0.2) is 0 Å². The maximum absolute atomic E-state index is 5.97. The Balaban J connectivity index is 1.81. The molecule has 122 valence electrons. The standard InChI is InChI=1S/C23H24O/c1-18(2)21-13-8-9-15-23(21)22-14-7-6-12-20(22)17-24-16-19-10-4-3-5-11-19/h3-15,18H,16-17H2,1-2H3. The van der Waals surface area contributed by atoms with Gasteiger partial charge in [-0.25, -0.2) is 0 Å². The van der Waals surface area contributed by atoms with Crippen LogP contribution < -0.4 is 0 Å². The maximum Gasteiger partial charge on any atom is 0.0727 e. The van der Waals surface area contributed by atoms with Crippen LogP contribution in [-0.4, -0.2) is 0 Å². The minimum atomic E-state index is 0.500. The third-order valence-corrected chi connectivity index (χ3v) is 4.26. The minimum Gasteiger partial charge on any atom is -0.372 e. The second-order valence-corrected chi connectivity index (χ2v) is 6.38. The van der Waals surface area contributed by atoms with Gasteiger partial charge in [0.05, 0.1) is 13.2 Å². The molecule has 0 saturated carbocycles. The summed E-state index contributed by atoms with van der Waals surface area (Å²) in [7, 11) is 0. The molecule has 3 aromatic carbocycles. The van der Waals surface area contributed by atoms with Crippen molar-refractivity contribution in [1.29, 1.82) is 0 Å². The molecule has 0 atom stereocenters. The van der Waals surface area contributed by atoms with Crippen molar-refractivity contribution < 1.29 is 4.74 Å². The van der Waals surface area contributed by atoms with Gasteiger partial charge in [-0.1, -0.05) is 92.7 Å². The van der Waals surface area contributed by atoms with Gasteiger partial charge in [0.25, 0.3) is 0 Å². The molecule has 0 aliphatic heterocycles. The first kappa shape index (κ1) is 16.5. The lowest BCUT2D eigenvalue weighted by Gasteiger charge is -2.16. The fourth-order valence-corrected chi connectivity index (χ4v) is 3.01. The summed E-state index contributed by atoms with van der Waals surface area (Å²) in [5.74, 6) is 0.500. The van der Waals surface area contributed by atoms with Gasteiger partial charge >= 0.3 is 0 Å². The smallest absolute Gasteiger partial charge is 0.0727 e. The summed E-state index contributed by atoms with van der Waals surface area (Å²) in [5.41, 5.74) is 6.41. The van der Waals surface area contributed by atoms with E-state index in [4.69, 9.17) is 4.74 Å². The van der Waals surface area contributed by atoms with Gasteiger partial charge < -0.3 is 4.74 Å². The summed E-state index contributed by atoms with van der Waals surface area (Å²) in [6.07, 6.45) is 0. The molecule has 24 heavy (non-hydrogen) atoms. The van der Waals surface area contributed by atoms with Gasteiger partial charge in [0.1, 0.15) is 0 Å². The van der Waals surface area contributed by atoms with Crippen molar-refractivity contribution in [3.8, 4) is 11.1 Å². The zero-order valence-corrected chi connectivity index (χ0v) is 14.4. The van der Waals surface area contributed by atoms with Gasteiger partial charge in [-0.05, 0) is 33.7 Å². The fourth-order valence-electron chi connectivity index (χ4n) is 3.01. The highest BCUT2D eigenvalue weighted by Gasteiger charge is 2.11. The highest BCUT2D eigenvalue weighted by Crippen LogP contribution is 2.31. The highest BCUT2D eigenvalue weighted by atomic mass is 16.5. The lowest BCUT2D eigenvalue weighted by molar-refractivity contribution is 0.107. The number of hydrogen-bond donors (Lipinski definition) is 0. The third-order valence-electron chi connectivity index (χ3n) is 4.26. The Morgan fingerprint density at radius 3 is 2.04 bits per heavy atom. The van der Waals surface area contributed by atoms with E-state index in [2.05, 4.69) is 74.5 Å². The molecule has 3 aromatic rings. The summed E-state index contributed by atoms with van der Waals surface area (Å²) >= 11 is 0. The van der Waals surface area contributed by atoms with Crippen molar-refractivity contribution in [2.45, 2.75) is 33.0 Å². The van der Waals surface area contributed by atoms with E-state index >= 15 is 0 Å². The van der Waals surface area contributed by atoms with E-state index < -0.39 is 0 Å². The number of ether oxygens (including phenoxy) is 1. The lowest BCUT2D eigenvalue weighted by atomic mass is 9.90. The minimum absolute atomic E-state index is 0.500. The van der Waals surface area contributed by atoms with E-state index in [9.17, 15) is 0 Å². The summed E-state index contributed by atoms with van der Waals surface area (Å²) in [5, 5.41) is 0. The van der Waals surface area contributed by atoms with Crippen molar-refractivity contribution in [2.75, 3.05) is 0 Å². The molecule has 0 heterocycles. The second-order valence-electron chi connectivity index (χ2n) is 6.38. The van der Waals surface area contributed by atoms with E-state index in [-0.39, 0.29) is 0 Å². The molecule has 0 unspecified atom stereocenters. The van der Waals surface area contributed by atoms with E-state index in [1.165, 1.54) is 27.8 Å². The molecule has 0 aliphatic carbocycles. The quantitative estimate of drug-likeness (QED) is 0.526. The van der Waals surface area contributed by atoms with E-state index in [1.54, 1.807) is 0 Å². The molecule has 0 aliphatic rings. The number of rotatable bonds is 6. The molecule has 1 nitrogen and oxygen atoms in total. The molecule has 0 N–H and O–H groups in total. The van der Waals surface area contributed by atoms with Crippen LogP contribution in [0, 0.1) is 0 Å². The van der Waals surface area contributed by atoms with Crippen LogP contribution in [0.15, 0.2) is 78.9 Å². The summed E-state index contributed by atoms with van der Waals surface area (Å²) in [6, 6.07) is 27.5. The van der Waals surface area contributed by atoms with Crippen molar-refractivity contribution in [2.24, 2.45) is 0 Å². The molecule has 0 bridgehead atoms. The van der Waals surface area contributed by atoms with Crippen LogP contribution in [0.3, 0.4) is 0 Å². The summed E-state index contributed by atoms with van der Waals surface area (Å²) in [6.45, 7) is 5.75. The predicted molar refractivity (Wildman–Crippen MR) is 101 cm³/mol. The van der Waals surface area contributed by atoms with Crippen LogP contribution in [0.4, 0.5) is 0 Å². The molecule has 1 heteroatoms. The van der Waals surface area contributed by atoms with Crippen LogP contribution >= 0.6 is 0 Å².